The van der Waals surface area contributed by atoms with Gasteiger partial charge in [-0.15, -0.1) is 0 Å². The highest BCUT2D eigenvalue weighted by Crippen LogP contribution is 2.42. The molecule has 0 bridgehead atoms. The first-order chi connectivity index (χ1) is 12.9. The predicted molar refractivity (Wildman–Crippen MR) is 97.9 cm³/mol. The molecule has 2 heterocycles. The van der Waals surface area contributed by atoms with Gasteiger partial charge in [0.25, 0.3) is 0 Å². The van der Waals surface area contributed by atoms with E-state index in [-0.39, 0.29) is 19.6 Å². The Labute approximate surface area is 158 Å². The van der Waals surface area contributed by atoms with Crippen LogP contribution in [0.2, 0.25) is 0 Å². The van der Waals surface area contributed by atoms with Crippen molar-refractivity contribution in [3.63, 3.8) is 0 Å². The first-order valence-electron chi connectivity index (χ1n) is 8.84. The van der Waals surface area contributed by atoms with Gasteiger partial charge in [0.05, 0.1) is 25.3 Å². The number of aryl methyl sites for hydroxylation is 2. The van der Waals surface area contributed by atoms with Gasteiger partial charge >= 0.3 is 5.97 Å². The van der Waals surface area contributed by atoms with Crippen LogP contribution in [0.25, 0.3) is 0 Å². The van der Waals surface area contributed by atoms with Gasteiger partial charge in [0.2, 0.25) is 0 Å². The molecule has 1 aromatic rings. The van der Waals surface area contributed by atoms with Crippen LogP contribution in [-0.4, -0.2) is 72.3 Å². The minimum Gasteiger partial charge on any atom is -0.456 e. The molecule has 0 saturated carbocycles. The molecule has 0 radical (unpaired) electrons. The van der Waals surface area contributed by atoms with E-state index in [4.69, 9.17) is 14.2 Å². The molecule has 0 spiro atoms. The van der Waals surface area contributed by atoms with Crippen LogP contribution in [0, 0.1) is 20.5 Å². The van der Waals surface area contributed by atoms with Gasteiger partial charge in [-0.1, -0.05) is 5.56 Å². The minimum atomic E-state index is -1.13. The van der Waals surface area contributed by atoms with Gasteiger partial charge < -0.3 is 33.9 Å². The van der Waals surface area contributed by atoms with E-state index < -0.39 is 30.5 Å². The van der Waals surface area contributed by atoms with Gasteiger partial charge in [-0.2, -0.15) is 0 Å². The third-order valence-corrected chi connectivity index (χ3v) is 4.98. The predicted octanol–water partition coefficient (Wildman–Crippen LogP) is 0.614. The molecule has 8 heteroatoms. The average molecular weight is 378 g/mol. The third kappa shape index (κ3) is 3.66. The first kappa shape index (κ1) is 19.6. The van der Waals surface area contributed by atoms with Crippen LogP contribution >= 0.6 is 0 Å². The number of rotatable bonds is 6. The second kappa shape index (κ2) is 7.85. The van der Waals surface area contributed by atoms with Gasteiger partial charge in [0.1, 0.15) is 24.6 Å². The van der Waals surface area contributed by atoms with Crippen molar-refractivity contribution in [1.29, 1.82) is 0 Å². The van der Waals surface area contributed by atoms with Crippen molar-refractivity contribution in [2.45, 2.75) is 44.8 Å². The highest BCUT2D eigenvalue weighted by atomic mass is 16.6. The summed E-state index contributed by atoms with van der Waals surface area (Å²) in [4.78, 5) is 13.7. The summed E-state index contributed by atoms with van der Waals surface area (Å²) in [6.45, 7) is 9.57. The summed E-state index contributed by atoms with van der Waals surface area (Å²) in [5.74, 6) is -0.514. The molecule has 0 aliphatic carbocycles. The van der Waals surface area contributed by atoms with Crippen LogP contribution in [0.3, 0.4) is 0 Å². The highest BCUT2D eigenvalue weighted by molar-refractivity contribution is 5.71. The van der Waals surface area contributed by atoms with E-state index in [0.717, 1.165) is 22.5 Å². The van der Waals surface area contributed by atoms with Crippen molar-refractivity contribution < 1.29 is 33.8 Å². The number of aliphatic hydroxyl groups excluding tert-OH is 2. The fourth-order valence-electron chi connectivity index (χ4n) is 3.34. The maximum atomic E-state index is 11.9. The number of carbonyl (C=O) groups is 1. The third-order valence-electron chi connectivity index (χ3n) is 4.98. The maximum absolute atomic E-state index is 11.9. The molecule has 2 aliphatic heterocycles. The summed E-state index contributed by atoms with van der Waals surface area (Å²) in [6.07, 6.45) is -3.67. The lowest BCUT2D eigenvalue weighted by Gasteiger charge is -2.28. The zero-order chi connectivity index (χ0) is 19.7. The van der Waals surface area contributed by atoms with Crippen LogP contribution in [0.15, 0.2) is 12.1 Å². The average Bonchev–Trinajstić information content (AvgIpc) is 3.11. The molecule has 27 heavy (non-hydrogen) atoms. The lowest BCUT2D eigenvalue weighted by Crippen LogP contribution is -2.44. The molecule has 0 amide bonds. The number of hydrogen-bond donors (Lipinski definition) is 2. The quantitative estimate of drug-likeness (QED) is 0.426. The van der Waals surface area contributed by atoms with E-state index in [2.05, 4.69) is 6.72 Å². The Balaban J connectivity index is 1.81. The smallest absolute Gasteiger partial charge is 0.308 e. The van der Waals surface area contributed by atoms with Crippen LogP contribution in [0.1, 0.15) is 17.5 Å². The van der Waals surface area contributed by atoms with Crippen LogP contribution < -0.4 is 4.90 Å². The van der Waals surface area contributed by atoms with Gasteiger partial charge in [-0.25, -0.2) is 0 Å². The van der Waals surface area contributed by atoms with Crippen molar-refractivity contribution in [3.8, 4) is 0 Å². The van der Waals surface area contributed by atoms with Gasteiger partial charge in [0, 0.05) is 13.8 Å². The van der Waals surface area contributed by atoms with E-state index in [0.29, 0.717) is 0 Å². The molecule has 1 saturated heterocycles. The van der Waals surface area contributed by atoms with Crippen molar-refractivity contribution in [2.75, 3.05) is 25.2 Å². The molecule has 2 N–H and O–H groups in total. The standard InChI is InChI=1S/C19H26N2O6/c1-11-7-13-14(8-12(11)2)21(10-20(13)3)19-17(24)18(15(9-22)26-19)27-16(23)5-6-25-4/h7-8,10,15,17-19,22,24H,3,5-6,9H2,1-2,4H3/t15-,17-,18?,19+/m1/s1. The normalized spacial score (nSPS) is 26.9. The van der Waals surface area contributed by atoms with Crippen LogP contribution in [-0.2, 0) is 19.0 Å². The summed E-state index contributed by atoms with van der Waals surface area (Å²) < 4.78 is 17.7. The number of carbonyl (C=O) groups excluding carboxylic acids is 1. The number of anilines is 1. The zero-order valence-electron chi connectivity index (χ0n) is 15.8. The summed E-state index contributed by atoms with van der Waals surface area (Å²) in [7, 11) is 1.49. The number of esters is 1. The summed E-state index contributed by atoms with van der Waals surface area (Å²) >= 11 is 0. The van der Waals surface area contributed by atoms with Crippen molar-refractivity contribution in [3.05, 3.63) is 29.9 Å². The molecule has 3 rings (SSSR count). The van der Waals surface area contributed by atoms with Gasteiger partial charge in [0.15, 0.2) is 12.3 Å². The maximum Gasteiger partial charge on any atom is 0.308 e. The Morgan fingerprint density at radius 1 is 1.41 bits per heavy atom. The van der Waals surface area contributed by atoms with Crippen LogP contribution in [0.4, 0.5) is 11.4 Å². The monoisotopic (exact) mass is 378 g/mol. The second-order valence-corrected chi connectivity index (χ2v) is 6.85. The fraction of sp³-hybridized carbons (Fsp3) is 0.526. The zero-order valence-corrected chi connectivity index (χ0v) is 15.8. The number of benzene rings is 1. The van der Waals surface area contributed by atoms with Crippen molar-refractivity contribution >= 4 is 24.1 Å². The number of methoxy groups -OCH3 is 1. The Hall–Kier alpha value is -2.13. The lowest BCUT2D eigenvalue weighted by atomic mass is 10.1. The molecule has 8 nitrogen and oxygen atoms in total. The molecular weight excluding hydrogens is 352 g/mol. The Morgan fingerprint density at radius 3 is 2.78 bits per heavy atom. The number of hydrogen-bond acceptors (Lipinski definition) is 7. The van der Waals surface area contributed by atoms with E-state index >= 15 is 0 Å². The number of fused-ring (bicyclic) bond motifs is 1. The number of aliphatic hydroxyl groups is 2. The number of ether oxygens (including phenoxy) is 3. The summed E-state index contributed by atoms with van der Waals surface area (Å²) in [5.41, 5.74) is 3.94. The first-order valence-corrected chi connectivity index (χ1v) is 8.84. The SMILES string of the molecule is C=[N+]1[CH-]N([C@H]2O[C@H](CO)C(OC(=O)CCOC)[C@H]2O)c2cc(C)c(C)cc21. The highest BCUT2D eigenvalue weighted by Gasteiger charge is 2.49. The lowest BCUT2D eigenvalue weighted by molar-refractivity contribution is -0.377. The van der Waals surface area contributed by atoms with E-state index in [1.807, 2.05) is 26.0 Å². The van der Waals surface area contributed by atoms with E-state index in [9.17, 15) is 15.0 Å². The Morgan fingerprint density at radius 2 is 2.11 bits per heavy atom. The van der Waals surface area contributed by atoms with E-state index in [1.165, 1.54) is 7.11 Å². The summed E-state index contributed by atoms with van der Waals surface area (Å²) in [6, 6.07) is 4.01. The van der Waals surface area contributed by atoms with E-state index in [1.54, 1.807) is 16.1 Å². The molecule has 1 aromatic carbocycles. The topological polar surface area (TPSA) is 91.5 Å². The molecule has 2 aliphatic rings. The molecule has 1 fully saturated rings. The molecule has 148 valence electrons. The Bertz CT molecular complexity index is 737. The van der Waals surface area contributed by atoms with Gasteiger partial charge in [-0.05, 0) is 31.5 Å². The largest absolute Gasteiger partial charge is 0.456 e. The summed E-state index contributed by atoms with van der Waals surface area (Å²) in [5, 5.41) is 20.4. The number of nitrogens with zero attached hydrogens (tertiary/aromatic N) is 2. The molecule has 1 unspecified atom stereocenters. The van der Waals surface area contributed by atoms with Crippen molar-refractivity contribution in [2.24, 2.45) is 0 Å². The van der Waals surface area contributed by atoms with Crippen molar-refractivity contribution in [1.82, 2.24) is 0 Å². The Kier molecular flexibility index (Phi) is 5.71. The second-order valence-electron chi connectivity index (χ2n) is 6.85. The molecule has 4 atom stereocenters. The van der Waals surface area contributed by atoms with Gasteiger partial charge in [-0.3, -0.25) is 4.79 Å². The fourth-order valence-corrected chi connectivity index (χ4v) is 3.34. The minimum absolute atomic E-state index is 0.0618. The molecule has 0 aromatic heterocycles. The molecular formula is C19H26N2O6. The van der Waals surface area contributed by atoms with Crippen LogP contribution in [0.5, 0.6) is 0 Å².